The van der Waals surface area contributed by atoms with Crippen LogP contribution >= 0.6 is 0 Å². The van der Waals surface area contributed by atoms with Gasteiger partial charge in [0.25, 0.3) is 17.5 Å². The van der Waals surface area contributed by atoms with Crippen molar-refractivity contribution in [3.63, 3.8) is 0 Å². The van der Waals surface area contributed by atoms with Gasteiger partial charge in [-0.05, 0) is 13.6 Å². The topological polar surface area (TPSA) is 174 Å². The van der Waals surface area contributed by atoms with Crippen LogP contribution in [-0.4, -0.2) is 65.5 Å². The molecule has 29 heavy (non-hydrogen) atoms. The Morgan fingerprint density at radius 3 is 1.79 bits per heavy atom. The molecule has 4 amide bonds. The van der Waals surface area contributed by atoms with Gasteiger partial charge in [-0.1, -0.05) is 20.8 Å². The summed E-state index contributed by atoms with van der Waals surface area (Å²) in [6.07, 6.45) is -0.166. The molecule has 0 radical (unpaired) electrons. The van der Waals surface area contributed by atoms with Crippen LogP contribution in [0.4, 0.5) is 0 Å². The fraction of sp³-hybridized carbons (Fsp3) is 0.647. The zero-order valence-corrected chi connectivity index (χ0v) is 16.8. The minimum Gasteiger partial charge on any atom is -0.434 e. The molecule has 0 bridgehead atoms. The Hall–Kier alpha value is -2.86. The number of rotatable bonds is 6. The van der Waals surface area contributed by atoms with Gasteiger partial charge in [-0.25, -0.2) is 0 Å². The number of nitrogens with one attached hydrogen (secondary N) is 2. The van der Waals surface area contributed by atoms with Crippen molar-refractivity contribution in [1.82, 2.24) is 15.5 Å². The summed E-state index contributed by atoms with van der Waals surface area (Å²) in [6.45, 7) is 5.52. The highest BCUT2D eigenvalue weighted by Gasteiger charge is 2.53. The van der Waals surface area contributed by atoms with Gasteiger partial charge < -0.3 is 9.47 Å². The number of imide groups is 2. The van der Waals surface area contributed by atoms with E-state index in [1.54, 1.807) is 25.8 Å². The lowest BCUT2D eigenvalue weighted by Gasteiger charge is -2.33. The van der Waals surface area contributed by atoms with E-state index in [0.29, 0.717) is 6.54 Å². The third-order valence-electron chi connectivity index (χ3n) is 4.32. The van der Waals surface area contributed by atoms with E-state index >= 15 is 0 Å². The normalized spacial score (nSPS) is 25.9. The predicted octanol–water partition coefficient (Wildman–Crippen LogP) is -1.72. The number of ether oxygens (including phenoxy) is 2. The molecule has 12 nitrogen and oxygen atoms in total. The Morgan fingerprint density at radius 1 is 0.931 bits per heavy atom. The summed E-state index contributed by atoms with van der Waals surface area (Å²) in [5, 5.41) is 4.11. The zero-order chi connectivity index (χ0) is 22.4. The fourth-order valence-electron chi connectivity index (χ4n) is 2.50. The van der Waals surface area contributed by atoms with Gasteiger partial charge in [-0.3, -0.25) is 50.0 Å². The van der Waals surface area contributed by atoms with Crippen LogP contribution in [0.2, 0.25) is 0 Å². The third kappa shape index (κ3) is 5.57. The molecule has 2 fully saturated rings. The van der Waals surface area contributed by atoms with Gasteiger partial charge in [0.05, 0.1) is 12.8 Å². The lowest BCUT2D eigenvalue weighted by atomic mass is 10.1. The third-order valence-corrected chi connectivity index (χ3v) is 4.32. The molecule has 0 saturated carbocycles. The number of nitrogens with two attached hydrogens (primary N) is 1. The van der Waals surface area contributed by atoms with Crippen molar-refractivity contribution in [2.45, 2.75) is 57.9 Å². The lowest BCUT2D eigenvalue weighted by Crippen LogP contribution is -2.55. The molecule has 0 spiro atoms. The highest BCUT2D eigenvalue weighted by atomic mass is 16.6. The van der Waals surface area contributed by atoms with E-state index < -0.39 is 47.0 Å². The van der Waals surface area contributed by atoms with Crippen LogP contribution in [-0.2, 0) is 38.2 Å². The minimum atomic E-state index is -1.80. The van der Waals surface area contributed by atoms with Gasteiger partial charge in [0, 0.05) is 12.8 Å². The van der Waals surface area contributed by atoms with Crippen LogP contribution in [0, 0.1) is 0 Å². The molecule has 162 valence electrons. The van der Waals surface area contributed by atoms with Crippen LogP contribution < -0.4 is 16.4 Å². The van der Waals surface area contributed by atoms with Gasteiger partial charge in [0.2, 0.25) is 17.5 Å². The molecule has 2 saturated heterocycles. The first-order valence-electron chi connectivity index (χ1n) is 9.06. The molecular weight excluding hydrogens is 388 g/mol. The van der Waals surface area contributed by atoms with Crippen molar-refractivity contribution in [2.24, 2.45) is 5.73 Å². The van der Waals surface area contributed by atoms with E-state index in [1.165, 1.54) is 0 Å². The van der Waals surface area contributed by atoms with Crippen LogP contribution in [0.1, 0.15) is 46.5 Å². The molecule has 2 heterocycles. The summed E-state index contributed by atoms with van der Waals surface area (Å²) in [6, 6.07) is 0. The number of esters is 2. The van der Waals surface area contributed by atoms with E-state index in [9.17, 15) is 28.8 Å². The smallest absolute Gasteiger partial charge is 0.307 e. The Morgan fingerprint density at radius 2 is 1.41 bits per heavy atom. The molecule has 0 aromatic carbocycles. The first-order valence-corrected chi connectivity index (χ1v) is 9.06. The van der Waals surface area contributed by atoms with Crippen LogP contribution in [0.25, 0.3) is 0 Å². The van der Waals surface area contributed by atoms with Crippen molar-refractivity contribution in [3.05, 3.63) is 0 Å². The number of hydrogen-bond acceptors (Lipinski definition) is 10. The van der Waals surface area contributed by atoms with Crippen molar-refractivity contribution >= 4 is 35.6 Å². The summed E-state index contributed by atoms with van der Waals surface area (Å²) in [4.78, 5) is 68.4. The van der Waals surface area contributed by atoms with E-state index in [0.717, 1.165) is 0 Å². The van der Waals surface area contributed by atoms with Crippen molar-refractivity contribution in [3.8, 4) is 0 Å². The molecule has 2 aliphatic heterocycles. The van der Waals surface area contributed by atoms with Crippen LogP contribution in [0.3, 0.4) is 0 Å². The first-order chi connectivity index (χ1) is 13.4. The van der Waals surface area contributed by atoms with Gasteiger partial charge in [0.15, 0.2) is 0 Å². The molecule has 0 aliphatic carbocycles. The summed E-state index contributed by atoms with van der Waals surface area (Å²) >= 11 is 0. The summed E-state index contributed by atoms with van der Waals surface area (Å²) in [7, 11) is 1.64. The number of carbonyl (C=O) groups excluding carboxylic acids is 6. The maximum absolute atomic E-state index is 11.7. The highest BCUT2D eigenvalue weighted by Crippen LogP contribution is 2.26. The molecule has 2 aliphatic rings. The van der Waals surface area contributed by atoms with Crippen molar-refractivity contribution in [1.29, 1.82) is 0 Å². The molecule has 12 heteroatoms. The molecular formula is C17H26N4O8. The maximum atomic E-state index is 11.7. The van der Waals surface area contributed by atoms with Gasteiger partial charge in [0.1, 0.15) is 0 Å². The molecule has 2 rings (SSSR count). The van der Waals surface area contributed by atoms with Gasteiger partial charge in [-0.15, -0.1) is 0 Å². The van der Waals surface area contributed by atoms with Crippen molar-refractivity contribution < 1.29 is 38.2 Å². The van der Waals surface area contributed by atoms with Gasteiger partial charge in [-0.2, -0.15) is 0 Å². The van der Waals surface area contributed by atoms with E-state index in [1.807, 2.05) is 12.2 Å². The average molecular weight is 414 g/mol. The maximum Gasteiger partial charge on any atom is 0.307 e. The molecule has 2 atom stereocenters. The molecule has 2 unspecified atom stereocenters. The predicted molar refractivity (Wildman–Crippen MR) is 96.3 cm³/mol. The number of amides is 4. The summed E-state index contributed by atoms with van der Waals surface area (Å²) in [5.74, 6) is -3.38. The fourth-order valence-corrected chi connectivity index (χ4v) is 2.50. The quantitative estimate of drug-likeness (QED) is 0.257. The summed E-state index contributed by atoms with van der Waals surface area (Å²) in [5.41, 5.74) is 2.13. The number of hydrogen-bond donors (Lipinski definition) is 3. The van der Waals surface area contributed by atoms with E-state index in [-0.39, 0.29) is 25.7 Å². The molecule has 4 N–H and O–H groups in total. The summed E-state index contributed by atoms with van der Waals surface area (Å²) < 4.78 is 9.77. The average Bonchev–Trinajstić information content (AvgIpc) is 3.08. The second-order valence-corrected chi connectivity index (χ2v) is 6.45. The SMILES string of the molecule is CCC(=O)OC1(N(C)CC)CC(=O)NC1=O.CCC(=O)OC1(N)CC(=O)NC1=O. The molecule has 0 aromatic rings. The lowest BCUT2D eigenvalue weighted by molar-refractivity contribution is -0.185. The second-order valence-electron chi connectivity index (χ2n) is 6.45. The van der Waals surface area contributed by atoms with E-state index in [2.05, 4.69) is 10.1 Å². The standard InChI is InChI=1S/C10H16N2O4.C7H10N2O4/c1-4-8(14)16-10(12(3)5-2)6-7(13)11-9(10)15;1-2-5(11)13-7(8)3-4(10)9-6(7)12/h4-6H2,1-3H3,(H,11,13,15);2-3,8H2,1H3,(H,9,10,12). The largest absolute Gasteiger partial charge is 0.434 e. The Bertz CT molecular complexity index is 724. The Balaban J connectivity index is 0.000000296. The van der Waals surface area contributed by atoms with Crippen molar-refractivity contribution in [2.75, 3.05) is 13.6 Å². The second kappa shape index (κ2) is 9.56. The zero-order valence-electron chi connectivity index (χ0n) is 16.8. The molecule has 0 aromatic heterocycles. The van der Waals surface area contributed by atoms with Crippen LogP contribution in [0.5, 0.6) is 0 Å². The number of carbonyl (C=O) groups is 6. The Labute approximate surface area is 167 Å². The Kier molecular flexibility index (Phi) is 7.97. The number of likely N-dealkylation sites (N-methyl/N-ethyl adjacent to an activating group) is 1. The van der Waals surface area contributed by atoms with Gasteiger partial charge >= 0.3 is 11.9 Å². The minimum absolute atomic E-state index is 0.112. The van der Waals surface area contributed by atoms with Crippen LogP contribution in [0.15, 0.2) is 0 Å². The number of nitrogens with zero attached hydrogens (tertiary/aromatic N) is 1. The first kappa shape index (κ1) is 24.2. The highest BCUT2D eigenvalue weighted by molar-refractivity contribution is 6.08. The van der Waals surface area contributed by atoms with E-state index in [4.69, 9.17) is 10.5 Å². The monoisotopic (exact) mass is 414 g/mol.